The first-order valence-electron chi connectivity index (χ1n) is 7.69. The van der Waals surface area contributed by atoms with Crippen LogP contribution >= 0.6 is 0 Å². The first-order chi connectivity index (χ1) is 8.77. The zero-order valence-electron chi connectivity index (χ0n) is 12.1. The molecule has 0 heterocycles. The predicted octanol–water partition coefficient (Wildman–Crippen LogP) is 3.62. The van der Waals surface area contributed by atoms with Gasteiger partial charge in [0.1, 0.15) is 0 Å². The lowest BCUT2D eigenvalue weighted by Crippen LogP contribution is -2.58. The average Bonchev–Trinajstić information content (AvgIpc) is 2.32. The van der Waals surface area contributed by atoms with Gasteiger partial charge in [0, 0.05) is 25.4 Å². The largest absolute Gasteiger partial charge is 0.504 e. The van der Waals surface area contributed by atoms with E-state index >= 15 is 0 Å². The lowest BCUT2D eigenvalue weighted by Gasteiger charge is -2.52. The summed E-state index contributed by atoms with van der Waals surface area (Å²) >= 11 is 0. The van der Waals surface area contributed by atoms with Gasteiger partial charge < -0.3 is 13.3 Å². The quantitative estimate of drug-likeness (QED) is 0.663. The highest BCUT2D eigenvalue weighted by atomic mass is 28.4. The Labute approximate surface area is 113 Å². The number of hydrogen-bond acceptors (Lipinski definition) is 3. The van der Waals surface area contributed by atoms with Gasteiger partial charge in [-0.15, -0.1) is 0 Å². The minimum atomic E-state index is -2.42. The Morgan fingerprint density at radius 3 is 1.94 bits per heavy atom. The molecule has 0 aromatic carbocycles. The van der Waals surface area contributed by atoms with Crippen LogP contribution < -0.4 is 0 Å². The van der Waals surface area contributed by atoms with Gasteiger partial charge in [-0.05, 0) is 45.4 Å². The summed E-state index contributed by atoms with van der Waals surface area (Å²) in [5, 5.41) is 0. The van der Waals surface area contributed by atoms with E-state index in [0.717, 1.165) is 11.8 Å². The Bertz CT molecular complexity index is 242. The molecular weight excluding hydrogens is 244 g/mol. The maximum absolute atomic E-state index is 6.06. The van der Waals surface area contributed by atoms with Crippen molar-refractivity contribution in [3.63, 3.8) is 0 Å². The van der Waals surface area contributed by atoms with E-state index in [9.17, 15) is 0 Å². The van der Waals surface area contributed by atoms with Crippen LogP contribution in [-0.2, 0) is 13.3 Å². The molecule has 2 fully saturated rings. The van der Waals surface area contributed by atoms with Crippen LogP contribution in [-0.4, -0.2) is 28.6 Å². The van der Waals surface area contributed by atoms with Gasteiger partial charge in [0.05, 0.1) is 0 Å². The average molecular weight is 272 g/mol. The lowest BCUT2D eigenvalue weighted by molar-refractivity contribution is 0.00497. The Hall–Kier alpha value is 0.0969. The second kappa shape index (κ2) is 6.50. The molecular formula is C14H28O3Si. The van der Waals surface area contributed by atoms with Crippen LogP contribution in [0.25, 0.3) is 0 Å². The van der Waals surface area contributed by atoms with Gasteiger partial charge in [0.15, 0.2) is 0 Å². The van der Waals surface area contributed by atoms with Gasteiger partial charge in [-0.25, -0.2) is 0 Å². The second-order valence-corrected chi connectivity index (χ2v) is 8.27. The van der Waals surface area contributed by atoms with Gasteiger partial charge >= 0.3 is 8.80 Å². The van der Waals surface area contributed by atoms with Crippen LogP contribution in [0.15, 0.2) is 0 Å². The first-order valence-corrected chi connectivity index (χ1v) is 9.49. The van der Waals surface area contributed by atoms with Crippen molar-refractivity contribution in [2.75, 3.05) is 19.8 Å². The molecule has 106 valence electrons. The van der Waals surface area contributed by atoms with E-state index < -0.39 is 8.80 Å². The maximum atomic E-state index is 6.06. The Morgan fingerprint density at radius 2 is 1.44 bits per heavy atom. The highest BCUT2D eigenvalue weighted by Crippen LogP contribution is 2.57. The molecule has 0 radical (unpaired) electrons. The summed E-state index contributed by atoms with van der Waals surface area (Å²) in [5.41, 5.74) is 0.572. The van der Waals surface area contributed by atoms with Gasteiger partial charge in [0.2, 0.25) is 0 Å². The Kier molecular flexibility index (Phi) is 5.24. The van der Waals surface area contributed by atoms with E-state index in [0.29, 0.717) is 25.4 Å². The molecule has 0 amide bonds. The zero-order valence-corrected chi connectivity index (χ0v) is 13.1. The van der Waals surface area contributed by atoms with Gasteiger partial charge in [-0.3, -0.25) is 0 Å². The SMILES string of the molecule is CCO[Si](OCC)(OCC)C1CC2CCCCC21. The van der Waals surface area contributed by atoms with Crippen molar-refractivity contribution in [2.24, 2.45) is 11.8 Å². The molecule has 4 heteroatoms. The molecule has 18 heavy (non-hydrogen) atoms. The molecule has 2 rings (SSSR count). The summed E-state index contributed by atoms with van der Waals surface area (Å²) in [6.45, 7) is 8.28. The van der Waals surface area contributed by atoms with Crippen molar-refractivity contribution in [1.82, 2.24) is 0 Å². The third-order valence-corrected chi connectivity index (χ3v) is 8.18. The molecule has 0 saturated heterocycles. The number of rotatable bonds is 7. The smallest absolute Gasteiger partial charge is 0.374 e. The number of fused-ring (bicyclic) bond motifs is 1. The van der Waals surface area contributed by atoms with E-state index in [2.05, 4.69) is 20.8 Å². The summed E-state index contributed by atoms with van der Waals surface area (Å²) in [6.07, 6.45) is 6.84. The van der Waals surface area contributed by atoms with Crippen molar-refractivity contribution in [3.8, 4) is 0 Å². The Morgan fingerprint density at radius 1 is 0.889 bits per heavy atom. The highest BCUT2D eigenvalue weighted by Gasteiger charge is 2.59. The van der Waals surface area contributed by atoms with Gasteiger partial charge in [-0.1, -0.05) is 19.3 Å². The molecule has 0 aromatic heterocycles. The van der Waals surface area contributed by atoms with E-state index in [4.69, 9.17) is 13.3 Å². The van der Waals surface area contributed by atoms with Crippen LogP contribution in [0, 0.1) is 11.8 Å². The normalized spacial score (nSPS) is 31.8. The van der Waals surface area contributed by atoms with E-state index in [-0.39, 0.29) is 0 Å². The van der Waals surface area contributed by atoms with Crippen molar-refractivity contribution in [3.05, 3.63) is 0 Å². The van der Waals surface area contributed by atoms with Crippen molar-refractivity contribution < 1.29 is 13.3 Å². The third kappa shape index (κ3) is 2.67. The summed E-state index contributed by atoms with van der Waals surface area (Å²) in [4.78, 5) is 0. The predicted molar refractivity (Wildman–Crippen MR) is 74.4 cm³/mol. The van der Waals surface area contributed by atoms with Crippen molar-refractivity contribution in [1.29, 1.82) is 0 Å². The van der Waals surface area contributed by atoms with Crippen LogP contribution in [0.5, 0.6) is 0 Å². The Balaban J connectivity index is 2.07. The molecule has 3 atom stereocenters. The summed E-state index contributed by atoms with van der Waals surface area (Å²) in [7, 11) is -2.42. The van der Waals surface area contributed by atoms with E-state index in [1.165, 1.54) is 32.1 Å². The van der Waals surface area contributed by atoms with E-state index in [1.54, 1.807) is 0 Å². The fourth-order valence-corrected chi connectivity index (χ4v) is 7.47. The lowest BCUT2D eigenvalue weighted by atomic mass is 9.65. The number of hydrogen-bond donors (Lipinski definition) is 0. The van der Waals surface area contributed by atoms with Crippen molar-refractivity contribution in [2.45, 2.75) is 58.4 Å². The standard InChI is InChI=1S/C14H28O3Si/c1-4-15-18(16-5-2,17-6-3)14-11-12-9-7-8-10-13(12)14/h12-14H,4-11H2,1-3H3. The molecule has 2 aliphatic rings. The molecule has 0 aromatic rings. The minimum absolute atomic E-state index is 0.572. The minimum Gasteiger partial charge on any atom is -0.374 e. The molecule has 0 bridgehead atoms. The topological polar surface area (TPSA) is 27.7 Å². The zero-order chi connectivity index (χ0) is 13.0. The van der Waals surface area contributed by atoms with E-state index in [1.807, 2.05) is 0 Å². The highest BCUT2D eigenvalue weighted by molar-refractivity contribution is 6.62. The second-order valence-electron chi connectivity index (χ2n) is 5.45. The van der Waals surface area contributed by atoms with Gasteiger partial charge in [-0.2, -0.15) is 0 Å². The van der Waals surface area contributed by atoms with Crippen LogP contribution in [0.1, 0.15) is 52.9 Å². The molecule has 2 aliphatic carbocycles. The fraction of sp³-hybridized carbons (Fsp3) is 1.00. The fourth-order valence-electron chi connectivity index (χ4n) is 3.82. The summed E-state index contributed by atoms with van der Waals surface area (Å²) in [5.74, 6) is 1.74. The third-order valence-electron chi connectivity index (χ3n) is 4.53. The summed E-state index contributed by atoms with van der Waals surface area (Å²) < 4.78 is 18.2. The molecule has 0 spiro atoms. The monoisotopic (exact) mass is 272 g/mol. The molecule has 3 nitrogen and oxygen atoms in total. The molecule has 3 unspecified atom stereocenters. The molecule has 2 saturated carbocycles. The first kappa shape index (κ1) is 14.5. The van der Waals surface area contributed by atoms with Gasteiger partial charge in [0.25, 0.3) is 0 Å². The van der Waals surface area contributed by atoms with Crippen LogP contribution in [0.3, 0.4) is 0 Å². The van der Waals surface area contributed by atoms with Crippen LogP contribution in [0.2, 0.25) is 5.54 Å². The summed E-state index contributed by atoms with van der Waals surface area (Å²) in [6, 6.07) is 0. The maximum Gasteiger partial charge on any atom is 0.504 e. The molecule has 0 aliphatic heterocycles. The van der Waals surface area contributed by atoms with Crippen LogP contribution in [0.4, 0.5) is 0 Å². The van der Waals surface area contributed by atoms with Crippen molar-refractivity contribution >= 4 is 8.80 Å². The molecule has 0 N–H and O–H groups in total.